The Hall–Kier alpha value is -1.40. The molecule has 21 heavy (non-hydrogen) atoms. The maximum atomic E-state index is 12.6. The van der Waals surface area contributed by atoms with Crippen LogP contribution in [0.5, 0.6) is 0 Å². The third-order valence-corrected chi connectivity index (χ3v) is 5.23. The zero-order valence-corrected chi connectivity index (χ0v) is 13.5. The van der Waals surface area contributed by atoms with Crippen LogP contribution >= 0.6 is 0 Å². The lowest BCUT2D eigenvalue weighted by Gasteiger charge is -2.35. The van der Waals surface area contributed by atoms with E-state index in [0.29, 0.717) is 17.4 Å². The Morgan fingerprint density at radius 1 is 1.24 bits per heavy atom. The fraction of sp³-hybridized carbons (Fsp3) is 0.533. The number of rotatable bonds is 3. The van der Waals surface area contributed by atoms with E-state index in [1.165, 1.54) is 19.2 Å². The van der Waals surface area contributed by atoms with Gasteiger partial charge in [-0.1, -0.05) is 19.9 Å². The van der Waals surface area contributed by atoms with E-state index < -0.39 is 10.0 Å². The second-order valence-electron chi connectivity index (χ2n) is 5.89. The van der Waals surface area contributed by atoms with Crippen LogP contribution in [0.4, 0.5) is 0 Å². The van der Waals surface area contributed by atoms with E-state index in [1.807, 2.05) is 4.90 Å². The van der Waals surface area contributed by atoms with Gasteiger partial charge in [0.05, 0.1) is 4.90 Å². The van der Waals surface area contributed by atoms with Gasteiger partial charge in [0.15, 0.2) is 0 Å². The van der Waals surface area contributed by atoms with Crippen LogP contribution in [0.1, 0.15) is 30.6 Å². The average molecular weight is 310 g/mol. The highest BCUT2D eigenvalue weighted by Gasteiger charge is 2.26. The first kappa shape index (κ1) is 16.0. The topological polar surface area (TPSA) is 66.5 Å². The van der Waals surface area contributed by atoms with Gasteiger partial charge in [-0.15, -0.1) is 0 Å². The molecule has 116 valence electrons. The molecule has 0 spiro atoms. The number of hydrogen-bond acceptors (Lipinski definition) is 3. The van der Waals surface area contributed by atoms with Crippen LogP contribution in [0.25, 0.3) is 0 Å². The molecule has 1 aliphatic rings. The zero-order chi connectivity index (χ0) is 15.6. The molecule has 5 nitrogen and oxygen atoms in total. The predicted molar refractivity (Wildman–Crippen MR) is 81.5 cm³/mol. The van der Waals surface area contributed by atoms with Gasteiger partial charge < -0.3 is 4.90 Å². The highest BCUT2D eigenvalue weighted by molar-refractivity contribution is 7.89. The first-order valence-electron chi connectivity index (χ1n) is 7.16. The second-order valence-corrected chi connectivity index (χ2v) is 7.78. The molecule has 1 aliphatic heterocycles. The number of piperidine rings is 1. The maximum Gasteiger partial charge on any atom is 0.253 e. The molecule has 2 atom stereocenters. The van der Waals surface area contributed by atoms with Crippen molar-refractivity contribution in [3.8, 4) is 0 Å². The summed E-state index contributed by atoms with van der Waals surface area (Å²) in [6, 6.07) is 6.21. The number of nitrogens with one attached hydrogen (secondary N) is 1. The van der Waals surface area contributed by atoms with Crippen molar-refractivity contribution >= 4 is 15.9 Å². The largest absolute Gasteiger partial charge is 0.338 e. The van der Waals surface area contributed by atoms with Crippen LogP contribution in [-0.4, -0.2) is 39.4 Å². The van der Waals surface area contributed by atoms with E-state index in [4.69, 9.17) is 0 Å². The number of nitrogens with zero attached hydrogens (tertiary/aromatic N) is 1. The lowest BCUT2D eigenvalue weighted by molar-refractivity contribution is 0.0623. The van der Waals surface area contributed by atoms with Gasteiger partial charge in [0.1, 0.15) is 0 Å². The van der Waals surface area contributed by atoms with Gasteiger partial charge in [0, 0.05) is 18.7 Å². The van der Waals surface area contributed by atoms with Crippen molar-refractivity contribution in [3.63, 3.8) is 0 Å². The Bertz CT molecular complexity index is 618. The van der Waals surface area contributed by atoms with Crippen LogP contribution in [0.3, 0.4) is 0 Å². The van der Waals surface area contributed by atoms with Gasteiger partial charge in [-0.05, 0) is 43.5 Å². The van der Waals surface area contributed by atoms with Crippen molar-refractivity contribution in [2.24, 2.45) is 11.8 Å². The molecule has 1 aromatic rings. The van der Waals surface area contributed by atoms with Gasteiger partial charge in [-0.2, -0.15) is 0 Å². The minimum Gasteiger partial charge on any atom is -0.338 e. The van der Waals surface area contributed by atoms with Gasteiger partial charge in [-0.25, -0.2) is 13.1 Å². The lowest BCUT2D eigenvalue weighted by atomic mass is 9.91. The highest BCUT2D eigenvalue weighted by Crippen LogP contribution is 2.23. The monoisotopic (exact) mass is 310 g/mol. The van der Waals surface area contributed by atoms with Gasteiger partial charge in [-0.3, -0.25) is 4.79 Å². The molecule has 0 bridgehead atoms. The van der Waals surface area contributed by atoms with Crippen LogP contribution in [0.2, 0.25) is 0 Å². The molecule has 2 rings (SSSR count). The summed E-state index contributed by atoms with van der Waals surface area (Å²) in [6.07, 6.45) is 1.12. The molecular formula is C15H22N2O3S. The van der Waals surface area contributed by atoms with E-state index in [-0.39, 0.29) is 10.8 Å². The van der Waals surface area contributed by atoms with Crippen LogP contribution < -0.4 is 4.72 Å². The summed E-state index contributed by atoms with van der Waals surface area (Å²) in [6.45, 7) is 5.73. The van der Waals surface area contributed by atoms with Crippen molar-refractivity contribution in [3.05, 3.63) is 29.8 Å². The Morgan fingerprint density at radius 2 is 1.86 bits per heavy atom. The number of amides is 1. The maximum absolute atomic E-state index is 12.6. The summed E-state index contributed by atoms with van der Waals surface area (Å²) in [5, 5.41) is 0. The van der Waals surface area contributed by atoms with Crippen LogP contribution in [0.15, 0.2) is 29.2 Å². The van der Waals surface area contributed by atoms with Crippen molar-refractivity contribution in [1.29, 1.82) is 0 Å². The molecule has 0 aromatic heterocycles. The molecule has 1 saturated heterocycles. The van der Waals surface area contributed by atoms with Crippen molar-refractivity contribution in [2.45, 2.75) is 25.2 Å². The summed E-state index contributed by atoms with van der Waals surface area (Å²) >= 11 is 0. The Labute approximate surface area is 126 Å². The molecule has 1 aromatic carbocycles. The zero-order valence-electron chi connectivity index (χ0n) is 12.7. The van der Waals surface area contributed by atoms with Gasteiger partial charge >= 0.3 is 0 Å². The molecule has 1 N–H and O–H groups in total. The molecule has 1 amide bonds. The summed E-state index contributed by atoms with van der Waals surface area (Å²) < 4.78 is 25.9. The van der Waals surface area contributed by atoms with E-state index in [1.54, 1.807) is 12.1 Å². The number of benzene rings is 1. The first-order chi connectivity index (χ1) is 9.83. The normalized spacial score (nSPS) is 23.1. The van der Waals surface area contributed by atoms with Gasteiger partial charge in [0.2, 0.25) is 10.0 Å². The third kappa shape index (κ3) is 3.63. The number of sulfonamides is 1. The lowest BCUT2D eigenvalue weighted by Crippen LogP contribution is -2.42. The smallest absolute Gasteiger partial charge is 0.253 e. The van der Waals surface area contributed by atoms with Crippen molar-refractivity contribution in [2.75, 3.05) is 20.1 Å². The quantitative estimate of drug-likeness (QED) is 0.924. The molecule has 1 heterocycles. The number of hydrogen-bond donors (Lipinski definition) is 1. The van der Waals surface area contributed by atoms with Crippen LogP contribution in [0, 0.1) is 11.8 Å². The summed E-state index contributed by atoms with van der Waals surface area (Å²) in [5.41, 5.74) is 0.424. The highest BCUT2D eigenvalue weighted by atomic mass is 32.2. The molecule has 1 fully saturated rings. The third-order valence-electron chi connectivity index (χ3n) is 3.82. The molecule has 6 heteroatoms. The standard InChI is InChI=1S/C15H22N2O3S/c1-11-7-12(2)10-17(9-11)15(18)13-5-4-6-14(8-13)21(19,20)16-3/h4-6,8,11-12,16H,7,9-10H2,1-3H3/t11-,12-/m1/s1. The fourth-order valence-electron chi connectivity index (χ4n) is 2.93. The molecule has 0 unspecified atom stereocenters. The minimum absolute atomic E-state index is 0.0958. The summed E-state index contributed by atoms with van der Waals surface area (Å²) in [4.78, 5) is 14.5. The number of likely N-dealkylation sites (tertiary alicyclic amines) is 1. The first-order valence-corrected chi connectivity index (χ1v) is 8.64. The average Bonchev–Trinajstić information content (AvgIpc) is 2.45. The van der Waals surface area contributed by atoms with E-state index in [2.05, 4.69) is 18.6 Å². The molecular weight excluding hydrogens is 288 g/mol. The van der Waals surface area contributed by atoms with E-state index >= 15 is 0 Å². The molecule has 0 saturated carbocycles. The second kappa shape index (κ2) is 6.15. The predicted octanol–water partition coefficient (Wildman–Crippen LogP) is 1.71. The summed E-state index contributed by atoms with van der Waals surface area (Å²) in [5.74, 6) is 0.852. The van der Waals surface area contributed by atoms with Crippen molar-refractivity contribution < 1.29 is 13.2 Å². The number of carbonyl (C=O) groups excluding carboxylic acids is 1. The SMILES string of the molecule is CNS(=O)(=O)c1cccc(C(=O)N2C[C@H](C)C[C@@H](C)C2)c1. The fourth-order valence-corrected chi connectivity index (χ4v) is 3.70. The summed E-state index contributed by atoms with van der Waals surface area (Å²) in [7, 11) is -2.17. The van der Waals surface area contributed by atoms with E-state index in [0.717, 1.165) is 19.5 Å². The molecule has 0 radical (unpaired) electrons. The Kier molecular flexibility index (Phi) is 4.68. The minimum atomic E-state index is -3.53. The van der Waals surface area contributed by atoms with Crippen LogP contribution in [-0.2, 0) is 10.0 Å². The number of carbonyl (C=O) groups is 1. The van der Waals surface area contributed by atoms with Gasteiger partial charge in [0.25, 0.3) is 5.91 Å². The molecule has 0 aliphatic carbocycles. The van der Waals surface area contributed by atoms with E-state index in [9.17, 15) is 13.2 Å². The van der Waals surface area contributed by atoms with Crippen molar-refractivity contribution in [1.82, 2.24) is 9.62 Å². The Morgan fingerprint density at radius 3 is 2.43 bits per heavy atom. The Balaban J connectivity index is 2.26.